The van der Waals surface area contributed by atoms with Crippen LogP contribution in [0.3, 0.4) is 0 Å². The Hall–Kier alpha value is -2.71. The molecule has 146 valence electrons. The molecule has 0 amide bonds. The number of methoxy groups -OCH3 is 1. The second kappa shape index (κ2) is 9.48. The second-order valence-electron chi connectivity index (χ2n) is 6.06. The van der Waals surface area contributed by atoms with Crippen LogP contribution >= 0.6 is 23.6 Å². The number of carbonyl (C=O) groups excluding carboxylic acids is 1. The quantitative estimate of drug-likeness (QED) is 0.452. The first-order chi connectivity index (χ1) is 13.6. The summed E-state index contributed by atoms with van der Waals surface area (Å²) in [5.41, 5.74) is 2.71. The van der Waals surface area contributed by atoms with Crippen LogP contribution in [0.1, 0.15) is 33.4 Å². The number of aromatic nitrogens is 2. The number of hydrogen-bond donors (Lipinski definition) is 2. The molecule has 0 aliphatic heterocycles. The Morgan fingerprint density at radius 3 is 2.79 bits per heavy atom. The molecule has 0 bridgehead atoms. The van der Waals surface area contributed by atoms with Gasteiger partial charge in [0.1, 0.15) is 5.00 Å². The van der Waals surface area contributed by atoms with E-state index in [0.29, 0.717) is 22.2 Å². The van der Waals surface area contributed by atoms with Crippen LogP contribution in [0.4, 0.5) is 5.00 Å². The predicted octanol–water partition coefficient (Wildman–Crippen LogP) is 3.83. The van der Waals surface area contributed by atoms with Gasteiger partial charge in [-0.05, 0) is 36.8 Å². The van der Waals surface area contributed by atoms with Crippen molar-refractivity contribution in [3.63, 3.8) is 0 Å². The van der Waals surface area contributed by atoms with Gasteiger partial charge in [0.2, 0.25) is 0 Å². The Morgan fingerprint density at radius 2 is 2.07 bits per heavy atom. The van der Waals surface area contributed by atoms with Crippen LogP contribution in [0.25, 0.3) is 0 Å². The molecule has 0 aliphatic carbocycles. The van der Waals surface area contributed by atoms with Gasteiger partial charge >= 0.3 is 5.97 Å². The first-order valence-corrected chi connectivity index (χ1v) is 10.1. The molecule has 0 saturated carbocycles. The van der Waals surface area contributed by atoms with E-state index in [-0.39, 0.29) is 5.97 Å². The highest BCUT2D eigenvalue weighted by molar-refractivity contribution is 7.80. The van der Waals surface area contributed by atoms with E-state index >= 15 is 0 Å². The lowest BCUT2D eigenvalue weighted by Crippen LogP contribution is -2.29. The predicted molar refractivity (Wildman–Crippen MR) is 116 cm³/mol. The van der Waals surface area contributed by atoms with Gasteiger partial charge in [0.05, 0.1) is 24.9 Å². The van der Waals surface area contributed by atoms with Crippen molar-refractivity contribution in [1.82, 2.24) is 15.1 Å². The van der Waals surface area contributed by atoms with Gasteiger partial charge in [0.25, 0.3) is 0 Å². The topological polar surface area (TPSA) is 68.2 Å². The summed E-state index contributed by atoms with van der Waals surface area (Å²) in [6.07, 6.45) is 2.51. The Bertz CT molecular complexity index is 950. The number of benzene rings is 1. The van der Waals surface area contributed by atoms with Crippen LogP contribution in [0.15, 0.2) is 48.7 Å². The molecule has 0 unspecified atom stereocenters. The van der Waals surface area contributed by atoms with Gasteiger partial charge in [0, 0.05) is 24.0 Å². The van der Waals surface area contributed by atoms with Crippen molar-refractivity contribution >= 4 is 39.6 Å². The fourth-order valence-corrected chi connectivity index (χ4v) is 4.12. The first-order valence-electron chi connectivity index (χ1n) is 8.91. The van der Waals surface area contributed by atoms with Gasteiger partial charge in [-0.2, -0.15) is 5.10 Å². The average Bonchev–Trinajstić information content (AvgIpc) is 3.33. The van der Waals surface area contributed by atoms with Crippen molar-refractivity contribution < 1.29 is 9.53 Å². The van der Waals surface area contributed by atoms with E-state index in [1.165, 1.54) is 24.0 Å². The highest BCUT2D eigenvalue weighted by Crippen LogP contribution is 2.30. The van der Waals surface area contributed by atoms with Gasteiger partial charge in [-0.3, -0.25) is 4.68 Å². The second-order valence-corrected chi connectivity index (χ2v) is 7.60. The SMILES string of the molecule is CCn1nccc1CNC(=S)Nc1sc(Cc2ccccc2)cc1C(=O)OC. The lowest BCUT2D eigenvalue weighted by Gasteiger charge is -2.11. The molecular formula is C20H22N4O2S2. The van der Waals surface area contributed by atoms with Crippen LogP contribution in [0.5, 0.6) is 0 Å². The number of rotatable bonds is 7. The summed E-state index contributed by atoms with van der Waals surface area (Å²) >= 11 is 6.91. The number of hydrogen-bond acceptors (Lipinski definition) is 5. The number of ether oxygens (including phenoxy) is 1. The van der Waals surface area contributed by atoms with Crippen LogP contribution in [-0.4, -0.2) is 28.0 Å². The van der Waals surface area contributed by atoms with E-state index in [1.807, 2.05) is 41.9 Å². The summed E-state index contributed by atoms with van der Waals surface area (Å²) in [7, 11) is 1.38. The molecule has 8 heteroatoms. The zero-order chi connectivity index (χ0) is 19.9. The van der Waals surface area contributed by atoms with E-state index in [9.17, 15) is 4.79 Å². The maximum Gasteiger partial charge on any atom is 0.340 e. The number of thiocarbonyl (C=S) groups is 1. The molecule has 0 atom stereocenters. The van der Waals surface area contributed by atoms with Crippen molar-refractivity contribution in [1.29, 1.82) is 0 Å². The fourth-order valence-electron chi connectivity index (χ4n) is 2.79. The number of nitrogens with zero attached hydrogens (tertiary/aromatic N) is 2. The van der Waals surface area contributed by atoms with Gasteiger partial charge in [-0.15, -0.1) is 11.3 Å². The molecular weight excluding hydrogens is 392 g/mol. The van der Waals surface area contributed by atoms with Crippen LogP contribution in [0.2, 0.25) is 0 Å². The maximum absolute atomic E-state index is 12.2. The summed E-state index contributed by atoms with van der Waals surface area (Å²) in [6, 6.07) is 13.9. The van der Waals surface area contributed by atoms with Gasteiger partial charge in [-0.1, -0.05) is 30.3 Å². The minimum Gasteiger partial charge on any atom is -0.465 e. The molecule has 2 heterocycles. The summed E-state index contributed by atoms with van der Waals surface area (Å²) in [6.45, 7) is 3.38. The Kier molecular flexibility index (Phi) is 6.78. The molecule has 3 rings (SSSR count). The van der Waals surface area contributed by atoms with E-state index in [0.717, 1.165) is 23.5 Å². The van der Waals surface area contributed by atoms with Crippen molar-refractivity contribution in [3.8, 4) is 0 Å². The molecule has 0 radical (unpaired) electrons. The minimum absolute atomic E-state index is 0.384. The minimum atomic E-state index is -0.384. The smallest absolute Gasteiger partial charge is 0.340 e. The Balaban J connectivity index is 1.70. The van der Waals surface area contributed by atoms with Crippen LogP contribution in [-0.2, 0) is 24.2 Å². The zero-order valence-electron chi connectivity index (χ0n) is 15.8. The monoisotopic (exact) mass is 414 g/mol. The van der Waals surface area contributed by atoms with Gasteiger partial charge < -0.3 is 15.4 Å². The highest BCUT2D eigenvalue weighted by Gasteiger charge is 2.18. The van der Waals surface area contributed by atoms with Crippen molar-refractivity contribution in [2.45, 2.75) is 26.4 Å². The van der Waals surface area contributed by atoms with Crippen molar-refractivity contribution in [3.05, 3.63) is 70.4 Å². The molecule has 3 aromatic rings. The number of esters is 1. The average molecular weight is 415 g/mol. The lowest BCUT2D eigenvalue weighted by atomic mass is 10.1. The molecule has 28 heavy (non-hydrogen) atoms. The maximum atomic E-state index is 12.2. The zero-order valence-corrected chi connectivity index (χ0v) is 17.4. The Labute approximate surface area is 173 Å². The van der Waals surface area contributed by atoms with Crippen molar-refractivity contribution in [2.24, 2.45) is 0 Å². The number of anilines is 1. The molecule has 2 aromatic heterocycles. The number of aryl methyl sites for hydroxylation is 1. The first kappa shape index (κ1) is 20.0. The number of nitrogens with one attached hydrogen (secondary N) is 2. The van der Waals surface area contributed by atoms with Gasteiger partial charge in [-0.25, -0.2) is 4.79 Å². The van der Waals surface area contributed by atoms with E-state index in [2.05, 4.69) is 27.9 Å². The standard InChI is InChI=1S/C20H22N4O2S2/c1-3-24-15(9-10-22-24)13-21-20(27)23-18-17(19(25)26-2)12-16(28-18)11-14-7-5-4-6-8-14/h4-10,12H,3,11,13H2,1-2H3,(H2,21,23,27). The molecule has 0 fully saturated rings. The fraction of sp³-hybridized carbons (Fsp3) is 0.250. The Morgan fingerprint density at radius 1 is 1.29 bits per heavy atom. The van der Waals surface area contributed by atoms with Crippen LogP contribution in [0, 0.1) is 0 Å². The number of carbonyl (C=O) groups is 1. The third-order valence-electron chi connectivity index (χ3n) is 4.17. The largest absolute Gasteiger partial charge is 0.465 e. The molecule has 0 spiro atoms. The van der Waals surface area contributed by atoms with Crippen molar-refractivity contribution in [2.75, 3.05) is 12.4 Å². The summed E-state index contributed by atoms with van der Waals surface area (Å²) in [5, 5.41) is 11.7. The summed E-state index contributed by atoms with van der Waals surface area (Å²) in [5.74, 6) is -0.384. The summed E-state index contributed by atoms with van der Waals surface area (Å²) in [4.78, 5) is 13.2. The van der Waals surface area contributed by atoms with E-state index in [1.54, 1.807) is 6.20 Å². The van der Waals surface area contributed by atoms with Gasteiger partial charge in [0.15, 0.2) is 5.11 Å². The number of thiophene rings is 1. The summed E-state index contributed by atoms with van der Waals surface area (Å²) < 4.78 is 6.83. The third kappa shape index (κ3) is 4.96. The molecule has 1 aromatic carbocycles. The lowest BCUT2D eigenvalue weighted by molar-refractivity contribution is 0.0602. The third-order valence-corrected chi connectivity index (χ3v) is 5.47. The normalized spacial score (nSPS) is 10.5. The molecule has 6 nitrogen and oxygen atoms in total. The van der Waals surface area contributed by atoms with Crippen LogP contribution < -0.4 is 10.6 Å². The van der Waals surface area contributed by atoms with E-state index < -0.39 is 0 Å². The molecule has 0 aliphatic rings. The highest BCUT2D eigenvalue weighted by atomic mass is 32.1. The van der Waals surface area contributed by atoms with E-state index in [4.69, 9.17) is 17.0 Å². The molecule has 2 N–H and O–H groups in total. The molecule has 0 saturated heterocycles.